The van der Waals surface area contributed by atoms with E-state index in [1.807, 2.05) is 0 Å². The normalized spacial score (nSPS) is 11.8. The summed E-state index contributed by atoms with van der Waals surface area (Å²) in [5.74, 6) is -0.466. The largest absolute Gasteiger partial charge is 0.347 e. The van der Waals surface area contributed by atoms with Crippen LogP contribution in [0.3, 0.4) is 0 Å². The summed E-state index contributed by atoms with van der Waals surface area (Å²) in [6, 6.07) is 2.63. The molecular formula is C12H18N4O2. The molecule has 1 aromatic heterocycles. The van der Waals surface area contributed by atoms with Gasteiger partial charge in [0.25, 0.3) is 5.91 Å². The first-order chi connectivity index (χ1) is 8.45. The topological polar surface area (TPSA) is 88.3 Å². The molecule has 0 radical (unpaired) electrons. The second-order valence-electron chi connectivity index (χ2n) is 4.17. The van der Waals surface area contributed by atoms with Gasteiger partial charge in [0.05, 0.1) is 5.69 Å². The Hall–Kier alpha value is -1.95. The minimum Gasteiger partial charge on any atom is -0.347 e. The highest BCUT2D eigenvalue weighted by atomic mass is 16.2. The Morgan fingerprint density at radius 1 is 1.50 bits per heavy atom. The molecule has 1 atom stereocenters. The zero-order chi connectivity index (χ0) is 13.7. The van der Waals surface area contributed by atoms with Crippen LogP contribution in [-0.4, -0.2) is 41.8 Å². The number of carbonyl (C=O) groups is 2. The maximum atomic E-state index is 11.9. The van der Waals surface area contributed by atoms with Crippen molar-refractivity contribution < 1.29 is 9.59 Å². The number of nitrogens with one attached hydrogen (secondary N) is 1. The molecule has 0 saturated heterocycles. The molecule has 0 saturated carbocycles. The van der Waals surface area contributed by atoms with Gasteiger partial charge in [0.15, 0.2) is 0 Å². The predicted octanol–water partition coefficient (Wildman–Crippen LogP) is -0.253. The molecule has 1 heterocycles. The summed E-state index contributed by atoms with van der Waals surface area (Å²) in [6.07, 6.45) is 1.52. The second kappa shape index (κ2) is 6.11. The Labute approximate surface area is 106 Å². The molecule has 0 aliphatic rings. The predicted molar refractivity (Wildman–Crippen MR) is 67.8 cm³/mol. The van der Waals surface area contributed by atoms with Crippen molar-refractivity contribution in [2.24, 2.45) is 5.73 Å². The van der Waals surface area contributed by atoms with Crippen LogP contribution in [0.5, 0.6) is 0 Å². The molecule has 3 N–H and O–H groups in total. The van der Waals surface area contributed by atoms with Crippen LogP contribution in [0, 0.1) is 0 Å². The molecule has 18 heavy (non-hydrogen) atoms. The zero-order valence-electron chi connectivity index (χ0n) is 10.8. The van der Waals surface area contributed by atoms with Gasteiger partial charge in [0.1, 0.15) is 6.04 Å². The first kappa shape index (κ1) is 14.1. The van der Waals surface area contributed by atoms with E-state index >= 15 is 0 Å². The Morgan fingerprint density at radius 2 is 2.17 bits per heavy atom. The van der Waals surface area contributed by atoms with Gasteiger partial charge in [-0.15, -0.1) is 0 Å². The molecule has 6 nitrogen and oxygen atoms in total. The van der Waals surface area contributed by atoms with Gasteiger partial charge in [0, 0.05) is 32.4 Å². The van der Waals surface area contributed by atoms with Crippen LogP contribution in [0.15, 0.2) is 18.3 Å². The van der Waals surface area contributed by atoms with Gasteiger partial charge in [0.2, 0.25) is 5.91 Å². The molecule has 98 valence electrons. The van der Waals surface area contributed by atoms with E-state index in [2.05, 4.69) is 10.3 Å². The number of amides is 2. The summed E-state index contributed by atoms with van der Waals surface area (Å²) in [5.41, 5.74) is 6.53. The quantitative estimate of drug-likeness (QED) is 0.771. The van der Waals surface area contributed by atoms with Crippen LogP contribution in [0.2, 0.25) is 0 Å². The van der Waals surface area contributed by atoms with Crippen LogP contribution in [0.25, 0.3) is 0 Å². The molecule has 0 bridgehead atoms. The van der Waals surface area contributed by atoms with Crippen molar-refractivity contribution in [1.82, 2.24) is 15.2 Å². The minimum atomic E-state index is -0.568. The van der Waals surface area contributed by atoms with Crippen molar-refractivity contribution in [3.63, 3.8) is 0 Å². The summed E-state index contributed by atoms with van der Waals surface area (Å²) in [7, 11) is 3.29. The van der Waals surface area contributed by atoms with E-state index in [1.54, 1.807) is 33.2 Å². The van der Waals surface area contributed by atoms with E-state index in [4.69, 9.17) is 5.73 Å². The second-order valence-corrected chi connectivity index (χ2v) is 4.17. The lowest BCUT2D eigenvalue weighted by Gasteiger charge is -2.18. The number of aromatic nitrogens is 1. The maximum Gasteiger partial charge on any atom is 0.252 e. The first-order valence-electron chi connectivity index (χ1n) is 5.62. The lowest BCUT2D eigenvalue weighted by atomic mass is 10.2. The Bertz CT molecular complexity index is 445. The van der Waals surface area contributed by atoms with Gasteiger partial charge in [-0.3, -0.25) is 14.6 Å². The van der Waals surface area contributed by atoms with Crippen molar-refractivity contribution in [2.45, 2.75) is 19.5 Å². The molecule has 6 heteroatoms. The van der Waals surface area contributed by atoms with Crippen molar-refractivity contribution in [3.8, 4) is 0 Å². The number of hydrogen-bond donors (Lipinski definition) is 2. The van der Waals surface area contributed by atoms with E-state index in [-0.39, 0.29) is 18.4 Å². The molecule has 0 fully saturated rings. The summed E-state index contributed by atoms with van der Waals surface area (Å²) < 4.78 is 0. The highest BCUT2D eigenvalue weighted by Crippen LogP contribution is 2.02. The zero-order valence-corrected chi connectivity index (χ0v) is 10.8. The fourth-order valence-corrected chi connectivity index (χ4v) is 1.46. The average Bonchev–Trinajstić information content (AvgIpc) is 2.37. The minimum absolute atomic E-state index is 0.156. The highest BCUT2D eigenvalue weighted by Gasteiger charge is 2.18. The van der Waals surface area contributed by atoms with E-state index < -0.39 is 6.04 Å². The number of nitrogens with two attached hydrogens (primary N) is 1. The Balaban J connectivity index is 2.73. The summed E-state index contributed by atoms with van der Waals surface area (Å²) in [6.45, 7) is 1.92. The van der Waals surface area contributed by atoms with Crippen LogP contribution < -0.4 is 11.1 Å². The standard InChI is InChI=1S/C12H18N4O2/c1-8(12(18)16(2)3)15-11(17)9-4-5-14-10(6-9)7-13/h4-6,8H,7,13H2,1-3H3,(H,15,17). The number of likely N-dealkylation sites (N-methyl/N-ethyl adjacent to an activating group) is 1. The average molecular weight is 250 g/mol. The first-order valence-corrected chi connectivity index (χ1v) is 5.62. The van der Waals surface area contributed by atoms with E-state index in [1.165, 1.54) is 11.1 Å². The van der Waals surface area contributed by atoms with Gasteiger partial charge in [-0.1, -0.05) is 0 Å². The van der Waals surface area contributed by atoms with Crippen LogP contribution in [0.4, 0.5) is 0 Å². The lowest BCUT2D eigenvalue weighted by molar-refractivity contribution is -0.130. The molecule has 0 aliphatic heterocycles. The summed E-state index contributed by atoms with van der Waals surface area (Å²) >= 11 is 0. The van der Waals surface area contributed by atoms with Gasteiger partial charge in [-0.25, -0.2) is 0 Å². The van der Waals surface area contributed by atoms with Crippen molar-refractivity contribution in [1.29, 1.82) is 0 Å². The van der Waals surface area contributed by atoms with Crippen LogP contribution >= 0.6 is 0 Å². The number of hydrogen-bond acceptors (Lipinski definition) is 4. The molecule has 0 aromatic carbocycles. The summed E-state index contributed by atoms with van der Waals surface area (Å²) in [5, 5.41) is 2.63. The number of nitrogens with zero attached hydrogens (tertiary/aromatic N) is 2. The lowest BCUT2D eigenvalue weighted by Crippen LogP contribution is -2.44. The van der Waals surface area contributed by atoms with Crippen molar-refractivity contribution in [3.05, 3.63) is 29.6 Å². The molecule has 2 amide bonds. The van der Waals surface area contributed by atoms with Crippen LogP contribution in [-0.2, 0) is 11.3 Å². The SMILES string of the molecule is CC(NC(=O)c1ccnc(CN)c1)C(=O)N(C)C. The van der Waals surface area contributed by atoms with E-state index in [9.17, 15) is 9.59 Å². The third-order valence-corrected chi connectivity index (χ3v) is 2.45. The Morgan fingerprint density at radius 3 is 2.72 bits per heavy atom. The smallest absolute Gasteiger partial charge is 0.252 e. The van der Waals surface area contributed by atoms with Gasteiger partial charge >= 0.3 is 0 Å². The fourth-order valence-electron chi connectivity index (χ4n) is 1.46. The molecule has 0 aliphatic carbocycles. The van der Waals surface area contributed by atoms with E-state index in [0.717, 1.165) is 0 Å². The number of rotatable bonds is 4. The molecule has 1 unspecified atom stereocenters. The maximum absolute atomic E-state index is 11.9. The third-order valence-electron chi connectivity index (χ3n) is 2.45. The molecule has 1 rings (SSSR count). The summed E-state index contributed by atoms with van der Waals surface area (Å²) in [4.78, 5) is 28.9. The third kappa shape index (κ3) is 3.53. The van der Waals surface area contributed by atoms with Crippen LogP contribution in [0.1, 0.15) is 23.0 Å². The van der Waals surface area contributed by atoms with Crippen molar-refractivity contribution >= 4 is 11.8 Å². The molecular weight excluding hydrogens is 232 g/mol. The number of carbonyl (C=O) groups excluding carboxylic acids is 2. The molecule has 1 aromatic rings. The Kier molecular flexibility index (Phi) is 4.79. The van der Waals surface area contributed by atoms with Gasteiger partial charge in [-0.05, 0) is 19.1 Å². The fraction of sp³-hybridized carbons (Fsp3) is 0.417. The van der Waals surface area contributed by atoms with E-state index in [0.29, 0.717) is 11.3 Å². The monoisotopic (exact) mass is 250 g/mol. The van der Waals surface area contributed by atoms with Gasteiger partial charge in [-0.2, -0.15) is 0 Å². The molecule has 0 spiro atoms. The highest BCUT2D eigenvalue weighted by molar-refractivity contribution is 5.97. The van der Waals surface area contributed by atoms with Crippen molar-refractivity contribution in [2.75, 3.05) is 14.1 Å². The number of pyridine rings is 1. The van der Waals surface area contributed by atoms with Gasteiger partial charge < -0.3 is 16.0 Å².